The third-order valence-electron chi connectivity index (χ3n) is 3.94. The lowest BCUT2D eigenvalue weighted by Crippen LogP contribution is -2.23. The van der Waals surface area contributed by atoms with Crippen LogP contribution in [0.3, 0.4) is 0 Å². The Morgan fingerprint density at radius 2 is 2.15 bits per heavy atom. The molecule has 1 aliphatic carbocycles. The molecule has 1 aromatic rings. The first kappa shape index (κ1) is 15.6. The highest BCUT2D eigenvalue weighted by molar-refractivity contribution is 7.91. The van der Waals surface area contributed by atoms with Crippen LogP contribution in [0.15, 0.2) is 18.5 Å². The van der Waals surface area contributed by atoms with E-state index in [9.17, 15) is 8.42 Å². The maximum atomic E-state index is 11.5. The van der Waals surface area contributed by atoms with Gasteiger partial charge in [-0.05, 0) is 43.4 Å². The van der Waals surface area contributed by atoms with E-state index in [1.807, 2.05) is 10.8 Å². The van der Waals surface area contributed by atoms with Gasteiger partial charge in [-0.3, -0.25) is 0 Å². The van der Waals surface area contributed by atoms with E-state index in [-0.39, 0.29) is 11.5 Å². The average molecular weight is 298 g/mol. The molecule has 1 saturated carbocycles. The van der Waals surface area contributed by atoms with E-state index in [2.05, 4.69) is 24.5 Å². The Balaban J connectivity index is 1.96. The van der Waals surface area contributed by atoms with Crippen molar-refractivity contribution >= 4 is 9.84 Å². The van der Waals surface area contributed by atoms with Crippen LogP contribution in [0.4, 0.5) is 0 Å². The van der Waals surface area contributed by atoms with E-state index in [4.69, 9.17) is 0 Å². The maximum Gasteiger partial charge on any atom is 0.151 e. The molecule has 1 unspecified atom stereocenters. The van der Waals surface area contributed by atoms with Crippen molar-refractivity contribution in [1.29, 1.82) is 0 Å². The second-order valence-electron chi connectivity index (χ2n) is 5.69. The summed E-state index contributed by atoms with van der Waals surface area (Å²) in [7, 11) is -2.88. The van der Waals surface area contributed by atoms with Crippen molar-refractivity contribution in [1.82, 2.24) is 9.88 Å². The number of hydrogen-bond donors (Lipinski definition) is 1. The minimum Gasteiger partial charge on any atom is -0.353 e. The molecule has 20 heavy (non-hydrogen) atoms. The molecule has 5 heteroatoms. The van der Waals surface area contributed by atoms with Crippen LogP contribution in [0.2, 0.25) is 0 Å². The highest BCUT2D eigenvalue weighted by Gasteiger charge is 2.32. The lowest BCUT2D eigenvalue weighted by atomic mass is 10.1. The van der Waals surface area contributed by atoms with E-state index in [1.165, 1.54) is 18.4 Å². The van der Waals surface area contributed by atoms with Crippen molar-refractivity contribution in [2.75, 3.05) is 18.1 Å². The van der Waals surface area contributed by atoms with Gasteiger partial charge < -0.3 is 9.88 Å². The van der Waals surface area contributed by atoms with Crippen molar-refractivity contribution in [3.05, 3.63) is 24.0 Å². The van der Waals surface area contributed by atoms with Gasteiger partial charge in [0, 0.05) is 30.7 Å². The molecule has 1 N–H and O–H groups in total. The molecular weight excluding hydrogens is 272 g/mol. The zero-order valence-corrected chi connectivity index (χ0v) is 13.3. The number of nitrogens with zero attached hydrogens (tertiary/aromatic N) is 1. The van der Waals surface area contributed by atoms with Gasteiger partial charge in [-0.15, -0.1) is 0 Å². The van der Waals surface area contributed by atoms with Crippen molar-refractivity contribution in [3.8, 4) is 0 Å². The van der Waals surface area contributed by atoms with E-state index in [1.54, 1.807) is 6.92 Å². The van der Waals surface area contributed by atoms with Gasteiger partial charge >= 0.3 is 0 Å². The second kappa shape index (κ2) is 6.76. The number of aryl methyl sites for hydroxylation is 1. The molecule has 4 nitrogen and oxygen atoms in total. The summed E-state index contributed by atoms with van der Waals surface area (Å²) in [6, 6.07) is 2.57. The van der Waals surface area contributed by atoms with Gasteiger partial charge in [0.15, 0.2) is 9.84 Å². The summed E-state index contributed by atoms with van der Waals surface area (Å²) in [4.78, 5) is 0. The smallest absolute Gasteiger partial charge is 0.151 e. The Morgan fingerprint density at radius 1 is 1.40 bits per heavy atom. The molecule has 1 heterocycles. The molecule has 114 valence electrons. The van der Waals surface area contributed by atoms with Gasteiger partial charge in [0.1, 0.15) is 0 Å². The van der Waals surface area contributed by atoms with Gasteiger partial charge in [0.05, 0.1) is 5.75 Å². The maximum absolute atomic E-state index is 11.5. The third kappa shape index (κ3) is 4.35. The van der Waals surface area contributed by atoms with Crippen LogP contribution in [-0.4, -0.2) is 31.0 Å². The van der Waals surface area contributed by atoms with Gasteiger partial charge in [-0.1, -0.05) is 13.8 Å². The number of aromatic nitrogens is 1. The zero-order chi connectivity index (χ0) is 14.6. The lowest BCUT2D eigenvalue weighted by Gasteiger charge is -2.16. The summed E-state index contributed by atoms with van der Waals surface area (Å²) in [5, 5.41) is 3.61. The van der Waals surface area contributed by atoms with Crippen molar-refractivity contribution in [2.45, 2.75) is 45.7 Å². The molecule has 0 radical (unpaired) electrons. The molecule has 1 fully saturated rings. The highest BCUT2D eigenvalue weighted by Crippen LogP contribution is 2.41. The minimum absolute atomic E-state index is 0.226. The Hall–Kier alpha value is -0.810. The molecule has 1 atom stereocenters. The van der Waals surface area contributed by atoms with Crippen LogP contribution >= 0.6 is 0 Å². The molecule has 0 aromatic carbocycles. The number of rotatable bonds is 9. The predicted octanol–water partition coefficient (Wildman–Crippen LogP) is 2.37. The Kier molecular flexibility index (Phi) is 5.27. The molecule has 0 spiro atoms. The number of sulfone groups is 1. The monoisotopic (exact) mass is 298 g/mol. The van der Waals surface area contributed by atoms with Crippen LogP contribution in [0.1, 0.15) is 44.7 Å². The van der Waals surface area contributed by atoms with E-state index < -0.39 is 9.84 Å². The predicted molar refractivity (Wildman–Crippen MR) is 82.5 cm³/mol. The highest BCUT2D eigenvalue weighted by atomic mass is 32.2. The fourth-order valence-electron chi connectivity index (χ4n) is 2.46. The van der Waals surface area contributed by atoms with E-state index >= 15 is 0 Å². The summed E-state index contributed by atoms with van der Waals surface area (Å²) >= 11 is 0. The van der Waals surface area contributed by atoms with Gasteiger partial charge in [-0.25, -0.2) is 8.42 Å². The van der Waals surface area contributed by atoms with Gasteiger partial charge in [0.25, 0.3) is 0 Å². The minimum atomic E-state index is -2.88. The molecule has 1 aliphatic rings. The van der Waals surface area contributed by atoms with Crippen LogP contribution in [-0.2, 0) is 16.4 Å². The van der Waals surface area contributed by atoms with Crippen molar-refractivity contribution < 1.29 is 8.42 Å². The van der Waals surface area contributed by atoms with Crippen molar-refractivity contribution in [3.63, 3.8) is 0 Å². The van der Waals surface area contributed by atoms with Crippen molar-refractivity contribution in [2.24, 2.45) is 5.92 Å². The molecule has 0 amide bonds. The summed E-state index contributed by atoms with van der Waals surface area (Å²) in [6.45, 7) is 5.48. The van der Waals surface area contributed by atoms with E-state index in [0.717, 1.165) is 18.9 Å². The van der Waals surface area contributed by atoms with Crippen LogP contribution in [0, 0.1) is 5.92 Å². The van der Waals surface area contributed by atoms with Crippen LogP contribution < -0.4 is 5.32 Å². The molecule has 0 saturated heterocycles. The standard InChI is InChI=1S/C15H26N2O2S/c1-3-8-16-15(13-5-6-13)14-7-9-17(12-14)10-11-20(18,19)4-2/h7,9,12-13,15-16H,3-6,8,10-11H2,1-2H3. The number of nitrogens with one attached hydrogen (secondary N) is 1. The lowest BCUT2D eigenvalue weighted by molar-refractivity contribution is 0.480. The summed E-state index contributed by atoms with van der Waals surface area (Å²) < 4.78 is 25.1. The number of hydrogen-bond acceptors (Lipinski definition) is 3. The average Bonchev–Trinajstić information content (AvgIpc) is 3.16. The third-order valence-corrected chi connectivity index (χ3v) is 5.62. The fourth-order valence-corrected chi connectivity index (χ4v) is 3.23. The largest absolute Gasteiger partial charge is 0.353 e. The zero-order valence-electron chi connectivity index (χ0n) is 12.5. The molecule has 0 bridgehead atoms. The first-order valence-corrected chi connectivity index (χ1v) is 9.47. The molecule has 0 aliphatic heterocycles. The van der Waals surface area contributed by atoms with Gasteiger partial charge in [0.2, 0.25) is 0 Å². The second-order valence-corrected chi connectivity index (χ2v) is 8.16. The van der Waals surface area contributed by atoms with E-state index in [0.29, 0.717) is 12.6 Å². The summed E-state index contributed by atoms with van der Waals surface area (Å²) in [6.07, 6.45) is 7.85. The van der Waals surface area contributed by atoms with Crippen LogP contribution in [0.5, 0.6) is 0 Å². The Morgan fingerprint density at radius 3 is 2.75 bits per heavy atom. The summed E-state index contributed by atoms with van der Waals surface area (Å²) in [5.41, 5.74) is 1.30. The summed E-state index contributed by atoms with van der Waals surface area (Å²) in [5.74, 6) is 1.22. The van der Waals surface area contributed by atoms with Gasteiger partial charge in [-0.2, -0.15) is 0 Å². The Bertz CT molecular complexity index is 518. The first-order valence-electron chi connectivity index (χ1n) is 7.65. The normalized spacial score (nSPS) is 17.3. The topological polar surface area (TPSA) is 51.1 Å². The fraction of sp³-hybridized carbons (Fsp3) is 0.733. The van der Waals surface area contributed by atoms with Crippen LogP contribution in [0.25, 0.3) is 0 Å². The molecular formula is C15H26N2O2S. The molecule has 1 aromatic heterocycles. The SMILES string of the molecule is CCCNC(c1ccn(CCS(=O)(=O)CC)c1)C1CC1. The molecule has 2 rings (SSSR count). The first-order chi connectivity index (χ1) is 9.55. The quantitative estimate of drug-likeness (QED) is 0.761. The Labute approximate surface area is 122 Å².